The van der Waals surface area contributed by atoms with Crippen molar-refractivity contribution in [2.75, 3.05) is 32.9 Å². The molecule has 2 saturated heterocycles. The number of fused-ring (bicyclic) bond motifs is 1. The summed E-state index contributed by atoms with van der Waals surface area (Å²) in [6.45, 7) is 2.36. The highest BCUT2D eigenvalue weighted by molar-refractivity contribution is 5.77. The highest BCUT2D eigenvalue weighted by atomic mass is 19.3. The van der Waals surface area contributed by atoms with Gasteiger partial charge < -0.3 is 14.4 Å². The van der Waals surface area contributed by atoms with Crippen LogP contribution in [-0.2, 0) is 14.3 Å². The third kappa shape index (κ3) is 4.69. The first-order chi connectivity index (χ1) is 14.1. The molecule has 0 bridgehead atoms. The third-order valence-corrected chi connectivity index (χ3v) is 5.59. The molecule has 8 nitrogen and oxygen atoms in total. The number of hydrogen-bond donors (Lipinski definition) is 0. The van der Waals surface area contributed by atoms with Gasteiger partial charge in [-0.1, -0.05) is 0 Å². The Morgan fingerprint density at radius 1 is 1.28 bits per heavy atom. The Morgan fingerprint density at radius 2 is 2.10 bits per heavy atom. The van der Waals surface area contributed by atoms with Gasteiger partial charge in [0.25, 0.3) is 12.2 Å². The summed E-state index contributed by atoms with van der Waals surface area (Å²) >= 11 is 0. The summed E-state index contributed by atoms with van der Waals surface area (Å²) in [7, 11) is 0. The van der Waals surface area contributed by atoms with Crippen LogP contribution >= 0.6 is 0 Å². The monoisotopic (exact) mass is 409 g/mol. The lowest BCUT2D eigenvalue weighted by Crippen LogP contribution is -2.40. The Morgan fingerprint density at radius 3 is 2.83 bits per heavy atom. The summed E-state index contributed by atoms with van der Waals surface area (Å²) in [6, 6.07) is 1.40. The fraction of sp³-hybridized carbons (Fsp3) is 0.684. The van der Waals surface area contributed by atoms with E-state index in [9.17, 15) is 13.6 Å². The van der Waals surface area contributed by atoms with Crippen molar-refractivity contribution in [3.63, 3.8) is 0 Å². The van der Waals surface area contributed by atoms with Gasteiger partial charge in [0.1, 0.15) is 18.6 Å². The number of likely N-dealkylation sites (tertiary alicyclic amines) is 1. The lowest BCUT2D eigenvalue weighted by molar-refractivity contribution is -0.139. The van der Waals surface area contributed by atoms with Crippen molar-refractivity contribution in [1.82, 2.24) is 24.5 Å². The fourth-order valence-corrected chi connectivity index (χ4v) is 3.95. The number of piperidine rings is 1. The second-order valence-corrected chi connectivity index (χ2v) is 7.54. The second kappa shape index (κ2) is 9.08. The van der Waals surface area contributed by atoms with E-state index in [0.717, 1.165) is 30.4 Å². The first-order valence-corrected chi connectivity index (χ1v) is 10.1. The van der Waals surface area contributed by atoms with E-state index in [1.165, 1.54) is 12.4 Å². The molecule has 0 radical (unpaired) electrons. The molecule has 2 aromatic rings. The maximum absolute atomic E-state index is 13.4. The zero-order valence-corrected chi connectivity index (χ0v) is 16.2. The molecule has 0 saturated carbocycles. The van der Waals surface area contributed by atoms with E-state index in [-0.39, 0.29) is 36.0 Å². The van der Waals surface area contributed by atoms with Crippen molar-refractivity contribution in [1.29, 1.82) is 0 Å². The van der Waals surface area contributed by atoms with E-state index < -0.39 is 6.43 Å². The molecule has 0 aromatic carbocycles. The van der Waals surface area contributed by atoms with Crippen molar-refractivity contribution in [2.45, 2.75) is 50.6 Å². The SMILES string of the molecule is O=C(COC[C@H]1CCCCO1)N1CCC(c2cc(C(F)F)n3ncnc3n2)CC1. The van der Waals surface area contributed by atoms with Gasteiger partial charge in [0, 0.05) is 31.3 Å². The van der Waals surface area contributed by atoms with Gasteiger partial charge in [-0.05, 0) is 38.2 Å². The fourth-order valence-electron chi connectivity index (χ4n) is 3.95. The zero-order chi connectivity index (χ0) is 20.2. The number of amides is 1. The molecule has 4 rings (SSSR count). The minimum absolute atomic E-state index is 0.00908. The van der Waals surface area contributed by atoms with Crippen molar-refractivity contribution < 1.29 is 23.0 Å². The molecule has 0 N–H and O–H groups in total. The van der Waals surface area contributed by atoms with Gasteiger partial charge in [0.2, 0.25) is 5.91 Å². The standard InChI is InChI=1S/C19H25F2N5O3/c20-18(21)16-9-15(24-19-22-12-23-26(16)19)13-4-6-25(7-5-13)17(27)11-28-10-14-3-1-2-8-29-14/h9,12-14,18H,1-8,10-11H2/t14-/m1/s1. The quantitative estimate of drug-likeness (QED) is 0.729. The van der Waals surface area contributed by atoms with Crippen LogP contribution in [0.25, 0.3) is 5.78 Å². The van der Waals surface area contributed by atoms with Crippen LogP contribution in [-0.4, -0.2) is 69.4 Å². The number of rotatable bonds is 6. The van der Waals surface area contributed by atoms with Crippen LogP contribution in [0.5, 0.6) is 0 Å². The topological polar surface area (TPSA) is 81.9 Å². The summed E-state index contributed by atoms with van der Waals surface area (Å²) in [5, 5.41) is 3.81. The van der Waals surface area contributed by atoms with Crippen molar-refractivity contribution in [3.8, 4) is 0 Å². The highest BCUT2D eigenvalue weighted by Crippen LogP contribution is 2.29. The first-order valence-electron chi connectivity index (χ1n) is 10.1. The molecule has 10 heteroatoms. The Bertz CT molecular complexity index is 832. The van der Waals surface area contributed by atoms with Crippen LogP contribution < -0.4 is 0 Å². The molecule has 2 aromatic heterocycles. The number of carbonyl (C=O) groups is 1. The number of alkyl halides is 2. The van der Waals surface area contributed by atoms with E-state index in [1.54, 1.807) is 4.90 Å². The minimum atomic E-state index is -2.66. The smallest absolute Gasteiger partial charge is 0.280 e. The number of carbonyl (C=O) groups excluding carboxylic acids is 1. The molecule has 29 heavy (non-hydrogen) atoms. The van der Waals surface area contributed by atoms with Gasteiger partial charge in [-0.25, -0.2) is 13.8 Å². The Kier molecular flexibility index (Phi) is 6.29. The van der Waals surface area contributed by atoms with E-state index in [4.69, 9.17) is 9.47 Å². The summed E-state index contributed by atoms with van der Waals surface area (Å²) in [4.78, 5) is 22.5. The van der Waals surface area contributed by atoms with Crippen LogP contribution in [0.1, 0.15) is 55.8 Å². The molecule has 0 aliphatic carbocycles. The predicted octanol–water partition coefficient (Wildman–Crippen LogP) is 2.35. The third-order valence-electron chi connectivity index (χ3n) is 5.59. The summed E-state index contributed by atoms with van der Waals surface area (Å²) < 4.78 is 38.9. The largest absolute Gasteiger partial charge is 0.376 e. The van der Waals surface area contributed by atoms with Gasteiger partial charge in [-0.15, -0.1) is 0 Å². The summed E-state index contributed by atoms with van der Waals surface area (Å²) in [5.41, 5.74) is 0.373. The average molecular weight is 409 g/mol. The number of aromatic nitrogens is 4. The molecule has 2 fully saturated rings. The molecule has 2 aliphatic heterocycles. The highest BCUT2D eigenvalue weighted by Gasteiger charge is 2.27. The summed E-state index contributed by atoms with van der Waals surface area (Å²) in [5.74, 6) is 0.137. The second-order valence-electron chi connectivity index (χ2n) is 7.54. The summed E-state index contributed by atoms with van der Waals surface area (Å²) in [6.07, 6.45) is 3.17. The van der Waals surface area contributed by atoms with Crippen LogP contribution in [0.3, 0.4) is 0 Å². The van der Waals surface area contributed by atoms with Crippen LogP contribution in [0, 0.1) is 0 Å². The van der Waals surface area contributed by atoms with Gasteiger partial charge in [0.15, 0.2) is 0 Å². The van der Waals surface area contributed by atoms with Crippen LogP contribution in [0.2, 0.25) is 0 Å². The maximum Gasteiger partial charge on any atom is 0.280 e. The van der Waals surface area contributed by atoms with Crippen molar-refractivity contribution in [2.24, 2.45) is 0 Å². The molecule has 2 aliphatic rings. The Hall–Kier alpha value is -2.20. The number of hydrogen-bond acceptors (Lipinski definition) is 6. The first kappa shape index (κ1) is 20.1. The molecule has 158 valence electrons. The molecule has 0 unspecified atom stereocenters. The number of ether oxygens (including phenoxy) is 2. The molecule has 1 atom stereocenters. The Balaban J connectivity index is 1.30. The van der Waals surface area contributed by atoms with Gasteiger partial charge in [-0.3, -0.25) is 4.79 Å². The van der Waals surface area contributed by atoms with Gasteiger partial charge in [0.05, 0.1) is 12.7 Å². The molecule has 1 amide bonds. The minimum Gasteiger partial charge on any atom is -0.376 e. The van der Waals surface area contributed by atoms with Gasteiger partial charge in [-0.2, -0.15) is 14.6 Å². The molecule has 4 heterocycles. The van der Waals surface area contributed by atoms with E-state index in [0.29, 0.717) is 38.2 Å². The lowest BCUT2D eigenvalue weighted by Gasteiger charge is -2.32. The predicted molar refractivity (Wildman–Crippen MR) is 98.7 cm³/mol. The number of nitrogens with zero attached hydrogens (tertiary/aromatic N) is 5. The van der Waals surface area contributed by atoms with Gasteiger partial charge >= 0.3 is 0 Å². The van der Waals surface area contributed by atoms with E-state index in [2.05, 4.69) is 15.1 Å². The zero-order valence-electron chi connectivity index (χ0n) is 16.2. The van der Waals surface area contributed by atoms with E-state index in [1.807, 2.05) is 0 Å². The Labute approximate surface area is 167 Å². The maximum atomic E-state index is 13.4. The molecular formula is C19H25F2N5O3. The van der Waals surface area contributed by atoms with Crippen LogP contribution in [0.4, 0.5) is 8.78 Å². The average Bonchev–Trinajstić information content (AvgIpc) is 3.22. The van der Waals surface area contributed by atoms with E-state index >= 15 is 0 Å². The van der Waals surface area contributed by atoms with Crippen molar-refractivity contribution >= 4 is 11.7 Å². The normalized spacial score (nSPS) is 21.2. The van der Waals surface area contributed by atoms with Crippen molar-refractivity contribution in [3.05, 3.63) is 23.8 Å². The molecular weight excluding hydrogens is 384 g/mol. The lowest BCUT2D eigenvalue weighted by atomic mass is 9.93. The number of halogens is 2. The molecule has 0 spiro atoms. The van der Waals surface area contributed by atoms with Crippen LogP contribution in [0.15, 0.2) is 12.4 Å².